The van der Waals surface area contributed by atoms with Crippen LogP contribution in [0.15, 0.2) is 36.4 Å². The lowest BCUT2D eigenvalue weighted by atomic mass is 9.91. The normalized spacial score (nSPS) is 21.4. The molecule has 182 valence electrons. The minimum Gasteiger partial charge on any atom is -0.497 e. The molecule has 0 aliphatic carbocycles. The number of fused-ring (bicyclic) bond motifs is 5. The molecule has 0 saturated carbocycles. The van der Waals surface area contributed by atoms with Crippen molar-refractivity contribution in [2.24, 2.45) is 0 Å². The van der Waals surface area contributed by atoms with Gasteiger partial charge >= 0.3 is 0 Å². The number of anilines is 1. The quantitative estimate of drug-likeness (QED) is 0.416. The van der Waals surface area contributed by atoms with E-state index in [1.54, 1.807) is 21.3 Å². The zero-order chi connectivity index (χ0) is 23.9. The van der Waals surface area contributed by atoms with E-state index in [1.165, 1.54) is 19.3 Å². The third kappa shape index (κ3) is 3.80. The number of hydrogen-bond donors (Lipinski definition) is 2. The fourth-order valence-corrected chi connectivity index (χ4v) is 5.52. The van der Waals surface area contributed by atoms with Crippen molar-refractivity contribution in [1.82, 2.24) is 24.9 Å². The molecule has 2 aromatic heterocycles. The first kappa shape index (κ1) is 21.9. The van der Waals surface area contributed by atoms with Crippen LogP contribution in [0.5, 0.6) is 17.2 Å². The number of benzene rings is 2. The SMILES string of the molecule is COc1ccc(CNc2nc3c(OC)cccc3c3nc(C4CCC5CCC4N5)nn23)c(OC)c1. The summed E-state index contributed by atoms with van der Waals surface area (Å²) in [5.74, 6) is 4.00. The molecule has 2 saturated heterocycles. The Morgan fingerprint density at radius 2 is 1.83 bits per heavy atom. The minimum absolute atomic E-state index is 0.309. The smallest absolute Gasteiger partial charge is 0.226 e. The molecule has 0 amide bonds. The van der Waals surface area contributed by atoms with E-state index in [0.717, 1.165) is 45.9 Å². The molecule has 2 fully saturated rings. The maximum Gasteiger partial charge on any atom is 0.226 e. The summed E-state index contributed by atoms with van der Waals surface area (Å²) >= 11 is 0. The largest absolute Gasteiger partial charge is 0.497 e. The van der Waals surface area contributed by atoms with Gasteiger partial charge in [0.15, 0.2) is 11.5 Å². The molecule has 2 aliphatic rings. The van der Waals surface area contributed by atoms with Crippen LogP contribution in [0.3, 0.4) is 0 Å². The third-order valence-corrected chi connectivity index (χ3v) is 7.35. The molecule has 35 heavy (non-hydrogen) atoms. The molecular formula is C26H30N6O3. The zero-order valence-electron chi connectivity index (χ0n) is 20.2. The van der Waals surface area contributed by atoms with Gasteiger partial charge in [-0.05, 0) is 49.9 Å². The average molecular weight is 475 g/mol. The van der Waals surface area contributed by atoms with Gasteiger partial charge < -0.3 is 24.8 Å². The first-order valence-electron chi connectivity index (χ1n) is 12.1. The first-order chi connectivity index (χ1) is 17.2. The molecule has 3 atom stereocenters. The van der Waals surface area contributed by atoms with Gasteiger partial charge in [0.05, 0.1) is 21.3 Å². The number of aromatic nitrogens is 4. The van der Waals surface area contributed by atoms with Crippen LogP contribution in [0, 0.1) is 0 Å². The Hall–Kier alpha value is -3.59. The molecule has 4 heterocycles. The van der Waals surface area contributed by atoms with Crippen LogP contribution >= 0.6 is 0 Å². The van der Waals surface area contributed by atoms with E-state index < -0.39 is 0 Å². The highest BCUT2D eigenvalue weighted by Crippen LogP contribution is 2.38. The van der Waals surface area contributed by atoms with Gasteiger partial charge in [-0.15, -0.1) is 5.10 Å². The predicted molar refractivity (Wildman–Crippen MR) is 134 cm³/mol. The standard InChI is InChI=1S/C26H30N6O3/c1-33-17-10-7-15(22(13-17)35-3)14-27-26-29-23-19(5-4-6-21(23)34-2)25-30-24(31-32(25)26)18-11-8-16-9-12-20(18)28-16/h4-7,10,13,16,18,20,28H,8-9,11-12,14H2,1-3H3,(H,27,29). The van der Waals surface area contributed by atoms with E-state index in [2.05, 4.69) is 10.6 Å². The molecule has 4 aromatic rings. The molecule has 2 aromatic carbocycles. The summed E-state index contributed by atoms with van der Waals surface area (Å²) in [4.78, 5) is 9.99. The highest BCUT2D eigenvalue weighted by atomic mass is 16.5. The highest BCUT2D eigenvalue weighted by molar-refractivity contribution is 5.96. The van der Waals surface area contributed by atoms with Crippen molar-refractivity contribution in [2.45, 2.75) is 50.2 Å². The van der Waals surface area contributed by atoms with Crippen molar-refractivity contribution >= 4 is 22.5 Å². The first-order valence-corrected chi connectivity index (χ1v) is 12.1. The van der Waals surface area contributed by atoms with Gasteiger partial charge in [0.25, 0.3) is 0 Å². The Morgan fingerprint density at radius 3 is 2.66 bits per heavy atom. The van der Waals surface area contributed by atoms with E-state index in [9.17, 15) is 0 Å². The molecular weight excluding hydrogens is 444 g/mol. The summed E-state index contributed by atoms with van der Waals surface area (Å²) < 4.78 is 18.4. The number of methoxy groups -OCH3 is 3. The van der Waals surface area contributed by atoms with Gasteiger partial charge in [0.2, 0.25) is 5.95 Å². The summed E-state index contributed by atoms with van der Waals surface area (Å²) in [6.07, 6.45) is 4.71. The maximum absolute atomic E-state index is 5.63. The van der Waals surface area contributed by atoms with Gasteiger partial charge in [-0.1, -0.05) is 6.07 Å². The van der Waals surface area contributed by atoms with Crippen molar-refractivity contribution in [3.05, 3.63) is 47.8 Å². The van der Waals surface area contributed by atoms with Crippen molar-refractivity contribution in [2.75, 3.05) is 26.6 Å². The summed E-state index contributed by atoms with van der Waals surface area (Å²) in [6.45, 7) is 0.500. The lowest BCUT2D eigenvalue weighted by Gasteiger charge is -2.27. The van der Waals surface area contributed by atoms with Gasteiger partial charge in [-0.2, -0.15) is 4.52 Å². The molecule has 0 spiro atoms. The summed E-state index contributed by atoms with van der Waals surface area (Å²) in [6, 6.07) is 12.8. The fourth-order valence-electron chi connectivity index (χ4n) is 5.52. The Balaban J connectivity index is 1.43. The van der Waals surface area contributed by atoms with Crippen LogP contribution in [-0.4, -0.2) is 53.0 Å². The molecule has 9 heteroatoms. The summed E-state index contributed by atoms with van der Waals surface area (Å²) in [7, 11) is 4.96. The average Bonchev–Trinajstić information content (AvgIpc) is 3.51. The Labute approximate surface area is 203 Å². The number of ether oxygens (including phenoxy) is 3. The van der Waals surface area contributed by atoms with Crippen molar-refractivity contribution in [1.29, 1.82) is 0 Å². The highest BCUT2D eigenvalue weighted by Gasteiger charge is 2.38. The van der Waals surface area contributed by atoms with Gasteiger partial charge in [0.1, 0.15) is 22.8 Å². The van der Waals surface area contributed by atoms with Crippen molar-refractivity contribution in [3.8, 4) is 17.2 Å². The zero-order valence-corrected chi connectivity index (χ0v) is 20.2. The van der Waals surface area contributed by atoms with E-state index in [1.807, 2.05) is 40.9 Å². The predicted octanol–water partition coefficient (Wildman–Crippen LogP) is 3.91. The second-order valence-corrected chi connectivity index (χ2v) is 9.26. The number of nitrogens with zero attached hydrogens (tertiary/aromatic N) is 4. The van der Waals surface area contributed by atoms with Gasteiger partial charge in [-0.3, -0.25) is 0 Å². The number of nitrogens with one attached hydrogen (secondary N) is 2. The molecule has 2 N–H and O–H groups in total. The van der Waals surface area contributed by atoms with Crippen molar-refractivity contribution < 1.29 is 14.2 Å². The monoisotopic (exact) mass is 474 g/mol. The third-order valence-electron chi connectivity index (χ3n) is 7.35. The lowest BCUT2D eigenvalue weighted by Crippen LogP contribution is -2.39. The molecule has 2 bridgehead atoms. The van der Waals surface area contributed by atoms with Gasteiger partial charge in [-0.25, -0.2) is 9.97 Å². The minimum atomic E-state index is 0.309. The van der Waals surface area contributed by atoms with Crippen LogP contribution in [-0.2, 0) is 6.54 Å². The van der Waals surface area contributed by atoms with Gasteiger partial charge in [0, 0.05) is 41.6 Å². The molecule has 6 rings (SSSR count). The van der Waals surface area contributed by atoms with Crippen molar-refractivity contribution in [3.63, 3.8) is 0 Å². The molecule has 2 aliphatic heterocycles. The van der Waals surface area contributed by atoms with E-state index in [-0.39, 0.29) is 0 Å². The topological polar surface area (TPSA) is 94.8 Å². The second kappa shape index (κ2) is 8.88. The molecule has 0 radical (unpaired) electrons. The fraction of sp³-hybridized carbons (Fsp3) is 0.423. The number of rotatable bonds is 7. The van der Waals surface area contributed by atoms with E-state index >= 15 is 0 Å². The maximum atomic E-state index is 5.63. The Kier molecular flexibility index (Phi) is 5.56. The van der Waals surface area contributed by atoms with Crippen LogP contribution in [0.4, 0.5) is 5.95 Å². The van der Waals surface area contributed by atoms with Crippen LogP contribution in [0.25, 0.3) is 16.6 Å². The van der Waals surface area contributed by atoms with E-state index in [4.69, 9.17) is 29.3 Å². The lowest BCUT2D eigenvalue weighted by molar-refractivity contribution is 0.349. The second-order valence-electron chi connectivity index (χ2n) is 9.26. The van der Waals surface area contributed by atoms with Crippen LogP contribution in [0.2, 0.25) is 0 Å². The number of hydrogen-bond acceptors (Lipinski definition) is 8. The molecule has 9 nitrogen and oxygen atoms in total. The Bertz CT molecular complexity index is 1390. The van der Waals surface area contributed by atoms with Crippen LogP contribution in [0.1, 0.15) is 43.0 Å². The number of para-hydroxylation sites is 1. The van der Waals surface area contributed by atoms with Crippen LogP contribution < -0.4 is 24.8 Å². The summed E-state index contributed by atoms with van der Waals surface area (Å²) in [5.41, 5.74) is 2.53. The number of piperidine rings is 1. The molecule has 3 unspecified atom stereocenters. The van der Waals surface area contributed by atoms with E-state index in [0.29, 0.717) is 36.2 Å². The Morgan fingerprint density at radius 1 is 0.971 bits per heavy atom. The summed E-state index contributed by atoms with van der Waals surface area (Å²) in [5, 5.41) is 13.1.